The first-order valence-corrected chi connectivity index (χ1v) is 8.91. The van der Waals surface area contributed by atoms with Crippen LogP contribution in [0.1, 0.15) is 18.4 Å². The molecule has 0 heterocycles. The highest BCUT2D eigenvalue weighted by atomic mass is 35.5. The SMILES string of the molecule is O=C(CCC(=O)OCC(=O)Nc1ccc(Cl)cc1Cl)NCc1ccccc1. The highest BCUT2D eigenvalue weighted by Crippen LogP contribution is 2.25. The highest BCUT2D eigenvalue weighted by molar-refractivity contribution is 6.36. The number of esters is 1. The molecule has 0 aliphatic carbocycles. The Labute approximate surface area is 166 Å². The summed E-state index contributed by atoms with van der Waals surface area (Å²) in [7, 11) is 0. The average Bonchev–Trinajstić information content (AvgIpc) is 2.66. The summed E-state index contributed by atoms with van der Waals surface area (Å²) in [4.78, 5) is 35.2. The lowest BCUT2D eigenvalue weighted by atomic mass is 10.2. The van der Waals surface area contributed by atoms with Gasteiger partial charge < -0.3 is 15.4 Å². The van der Waals surface area contributed by atoms with Crippen LogP contribution in [0.2, 0.25) is 10.0 Å². The molecule has 2 rings (SSSR count). The molecule has 0 saturated carbocycles. The fourth-order valence-electron chi connectivity index (χ4n) is 2.10. The van der Waals surface area contributed by atoms with E-state index in [-0.39, 0.29) is 23.8 Å². The fourth-order valence-corrected chi connectivity index (χ4v) is 2.55. The van der Waals surface area contributed by atoms with E-state index in [1.54, 1.807) is 12.1 Å². The lowest BCUT2D eigenvalue weighted by Gasteiger charge is -2.08. The smallest absolute Gasteiger partial charge is 0.306 e. The van der Waals surface area contributed by atoms with Gasteiger partial charge in [-0.05, 0) is 23.8 Å². The van der Waals surface area contributed by atoms with E-state index in [1.165, 1.54) is 6.07 Å². The molecule has 2 aromatic carbocycles. The second-order valence-corrected chi connectivity index (χ2v) is 6.44. The summed E-state index contributed by atoms with van der Waals surface area (Å²) >= 11 is 11.7. The Morgan fingerprint density at radius 2 is 1.67 bits per heavy atom. The van der Waals surface area contributed by atoms with Crippen molar-refractivity contribution in [2.45, 2.75) is 19.4 Å². The summed E-state index contributed by atoms with van der Waals surface area (Å²) in [5.41, 5.74) is 1.33. The zero-order valence-corrected chi connectivity index (χ0v) is 15.8. The Kier molecular flexibility index (Phi) is 8.10. The molecule has 6 nitrogen and oxygen atoms in total. The number of anilines is 1. The van der Waals surface area contributed by atoms with Gasteiger partial charge in [-0.3, -0.25) is 14.4 Å². The van der Waals surface area contributed by atoms with Crippen LogP contribution in [0, 0.1) is 0 Å². The van der Waals surface area contributed by atoms with E-state index >= 15 is 0 Å². The minimum absolute atomic E-state index is 0.0176. The van der Waals surface area contributed by atoms with Gasteiger partial charge in [-0.15, -0.1) is 0 Å². The van der Waals surface area contributed by atoms with Crippen molar-refractivity contribution >= 4 is 46.7 Å². The van der Waals surface area contributed by atoms with Crippen molar-refractivity contribution in [1.29, 1.82) is 0 Å². The number of benzene rings is 2. The van der Waals surface area contributed by atoms with Crippen LogP contribution in [-0.4, -0.2) is 24.4 Å². The first-order chi connectivity index (χ1) is 12.9. The van der Waals surface area contributed by atoms with Crippen LogP contribution in [0.25, 0.3) is 0 Å². The van der Waals surface area contributed by atoms with Gasteiger partial charge in [0.25, 0.3) is 5.91 Å². The summed E-state index contributed by atoms with van der Waals surface area (Å²) in [6, 6.07) is 14.0. The Morgan fingerprint density at radius 1 is 0.926 bits per heavy atom. The minimum Gasteiger partial charge on any atom is -0.456 e. The number of carbonyl (C=O) groups is 3. The van der Waals surface area contributed by atoms with Crippen LogP contribution in [-0.2, 0) is 25.7 Å². The zero-order valence-electron chi connectivity index (χ0n) is 14.3. The van der Waals surface area contributed by atoms with E-state index in [4.69, 9.17) is 27.9 Å². The quantitative estimate of drug-likeness (QED) is 0.653. The van der Waals surface area contributed by atoms with Crippen LogP contribution in [0.4, 0.5) is 5.69 Å². The summed E-state index contributed by atoms with van der Waals surface area (Å²) in [5.74, 6) is -1.45. The van der Waals surface area contributed by atoms with Crippen LogP contribution >= 0.6 is 23.2 Å². The zero-order chi connectivity index (χ0) is 19.6. The molecular weight excluding hydrogens is 391 g/mol. The van der Waals surface area contributed by atoms with Crippen molar-refractivity contribution in [3.8, 4) is 0 Å². The number of carbonyl (C=O) groups excluding carboxylic acids is 3. The maximum atomic E-state index is 11.8. The second kappa shape index (κ2) is 10.5. The topological polar surface area (TPSA) is 84.5 Å². The Balaban J connectivity index is 1.65. The molecule has 2 aromatic rings. The monoisotopic (exact) mass is 408 g/mol. The lowest BCUT2D eigenvalue weighted by molar-refractivity contribution is -0.148. The van der Waals surface area contributed by atoms with E-state index in [0.717, 1.165) is 5.56 Å². The van der Waals surface area contributed by atoms with Crippen molar-refractivity contribution in [2.24, 2.45) is 0 Å². The molecule has 0 atom stereocenters. The van der Waals surface area contributed by atoms with Crippen LogP contribution in [0.5, 0.6) is 0 Å². The van der Waals surface area contributed by atoms with Gasteiger partial charge in [-0.25, -0.2) is 0 Å². The molecule has 0 aliphatic rings. The van der Waals surface area contributed by atoms with Gasteiger partial charge in [-0.1, -0.05) is 53.5 Å². The van der Waals surface area contributed by atoms with Crippen LogP contribution in [0.15, 0.2) is 48.5 Å². The Bertz CT molecular complexity index is 813. The normalized spacial score (nSPS) is 10.1. The van der Waals surface area contributed by atoms with E-state index in [0.29, 0.717) is 17.3 Å². The number of amides is 2. The third-order valence-corrected chi connectivity index (χ3v) is 4.01. The van der Waals surface area contributed by atoms with Crippen molar-refractivity contribution < 1.29 is 19.1 Å². The van der Waals surface area contributed by atoms with E-state index in [9.17, 15) is 14.4 Å². The molecule has 0 fully saturated rings. The molecule has 0 bridgehead atoms. The molecule has 0 spiro atoms. The molecule has 142 valence electrons. The van der Waals surface area contributed by atoms with Crippen molar-refractivity contribution in [2.75, 3.05) is 11.9 Å². The average molecular weight is 409 g/mol. The molecule has 0 aromatic heterocycles. The largest absolute Gasteiger partial charge is 0.456 e. The minimum atomic E-state index is -0.637. The number of hydrogen-bond acceptors (Lipinski definition) is 4. The van der Waals surface area contributed by atoms with Crippen LogP contribution < -0.4 is 10.6 Å². The lowest BCUT2D eigenvalue weighted by Crippen LogP contribution is -2.25. The van der Waals surface area contributed by atoms with Gasteiger partial charge in [0.1, 0.15) is 0 Å². The summed E-state index contributed by atoms with van der Waals surface area (Å²) in [6.07, 6.45) is -0.133. The third kappa shape index (κ3) is 7.68. The number of rotatable bonds is 8. The standard InChI is InChI=1S/C19H18Cl2N2O4/c20-14-6-7-16(15(21)10-14)23-18(25)12-27-19(26)9-8-17(24)22-11-13-4-2-1-3-5-13/h1-7,10H,8-9,11-12H2,(H,22,24)(H,23,25). The molecule has 2 amide bonds. The first kappa shape index (κ1) is 20.7. The number of nitrogens with one attached hydrogen (secondary N) is 2. The molecule has 0 unspecified atom stereocenters. The van der Waals surface area contributed by atoms with Crippen LogP contribution in [0.3, 0.4) is 0 Å². The Morgan fingerprint density at radius 3 is 2.37 bits per heavy atom. The summed E-state index contributed by atoms with van der Waals surface area (Å²) < 4.78 is 4.85. The van der Waals surface area contributed by atoms with Gasteiger partial charge >= 0.3 is 5.97 Å². The second-order valence-electron chi connectivity index (χ2n) is 5.60. The number of ether oxygens (including phenoxy) is 1. The van der Waals surface area contributed by atoms with Crippen molar-refractivity contribution in [3.63, 3.8) is 0 Å². The predicted molar refractivity (Wildman–Crippen MR) is 104 cm³/mol. The van der Waals surface area contributed by atoms with Gasteiger partial charge in [0.15, 0.2) is 6.61 Å². The maximum absolute atomic E-state index is 11.8. The van der Waals surface area contributed by atoms with E-state index in [1.807, 2.05) is 30.3 Å². The maximum Gasteiger partial charge on any atom is 0.306 e. The molecule has 0 saturated heterocycles. The highest BCUT2D eigenvalue weighted by Gasteiger charge is 2.12. The van der Waals surface area contributed by atoms with E-state index < -0.39 is 18.5 Å². The molecule has 2 N–H and O–H groups in total. The van der Waals surface area contributed by atoms with Gasteiger partial charge in [0.05, 0.1) is 17.1 Å². The molecular formula is C19H18Cl2N2O4. The first-order valence-electron chi connectivity index (χ1n) is 8.15. The Hall–Kier alpha value is -2.57. The van der Waals surface area contributed by atoms with Crippen molar-refractivity contribution in [3.05, 3.63) is 64.1 Å². The van der Waals surface area contributed by atoms with Gasteiger partial charge in [-0.2, -0.15) is 0 Å². The number of halogens is 2. The summed E-state index contributed by atoms with van der Waals surface area (Å²) in [6.45, 7) is -0.0810. The molecule has 8 heteroatoms. The van der Waals surface area contributed by atoms with Crippen molar-refractivity contribution in [1.82, 2.24) is 5.32 Å². The summed E-state index contributed by atoms with van der Waals surface area (Å²) in [5, 5.41) is 5.94. The molecule has 0 aliphatic heterocycles. The number of hydrogen-bond donors (Lipinski definition) is 2. The van der Waals surface area contributed by atoms with Gasteiger partial charge in [0, 0.05) is 18.0 Å². The fraction of sp³-hybridized carbons (Fsp3) is 0.211. The molecule has 0 radical (unpaired) electrons. The third-order valence-electron chi connectivity index (χ3n) is 3.46. The molecule has 27 heavy (non-hydrogen) atoms. The van der Waals surface area contributed by atoms with E-state index in [2.05, 4.69) is 10.6 Å². The predicted octanol–water partition coefficient (Wildman–Crippen LogP) is 3.57. The van der Waals surface area contributed by atoms with Gasteiger partial charge in [0.2, 0.25) is 5.91 Å².